The fourth-order valence-corrected chi connectivity index (χ4v) is 2.93. The number of aromatic nitrogens is 3. The number of fused-ring (bicyclic) bond motifs is 1. The van der Waals surface area contributed by atoms with Crippen LogP contribution in [0.25, 0.3) is 10.9 Å². The Labute approximate surface area is 172 Å². The van der Waals surface area contributed by atoms with Crippen LogP contribution in [0.3, 0.4) is 0 Å². The maximum absolute atomic E-state index is 12.7. The van der Waals surface area contributed by atoms with Gasteiger partial charge in [-0.2, -0.15) is 0 Å². The zero-order chi connectivity index (χ0) is 20.9. The van der Waals surface area contributed by atoms with Gasteiger partial charge in [0.1, 0.15) is 17.8 Å². The molecule has 8 nitrogen and oxygen atoms in total. The monoisotopic (exact) mass is 398 g/mol. The van der Waals surface area contributed by atoms with Gasteiger partial charge in [0, 0.05) is 35.9 Å². The van der Waals surface area contributed by atoms with Crippen molar-refractivity contribution < 1.29 is 9.59 Å². The van der Waals surface area contributed by atoms with E-state index in [1.165, 1.54) is 13.3 Å². The molecule has 0 radical (unpaired) electrons. The SMILES string of the molecule is CC(=O)Nc1ccc(Nc2cc(C(=O)Nc3cccc4cccnc34)ncn2)cc1. The minimum absolute atomic E-state index is 0.136. The van der Waals surface area contributed by atoms with Crippen molar-refractivity contribution >= 4 is 45.6 Å². The first-order valence-corrected chi connectivity index (χ1v) is 9.20. The quantitative estimate of drug-likeness (QED) is 0.469. The molecule has 0 atom stereocenters. The molecule has 0 aliphatic heterocycles. The first-order valence-electron chi connectivity index (χ1n) is 9.20. The number of para-hydroxylation sites is 1. The van der Waals surface area contributed by atoms with Gasteiger partial charge in [-0.3, -0.25) is 14.6 Å². The van der Waals surface area contributed by atoms with E-state index in [2.05, 4.69) is 30.9 Å². The molecule has 0 fully saturated rings. The van der Waals surface area contributed by atoms with Crippen LogP contribution in [-0.2, 0) is 4.79 Å². The van der Waals surface area contributed by atoms with Gasteiger partial charge in [-0.15, -0.1) is 0 Å². The minimum Gasteiger partial charge on any atom is -0.340 e. The van der Waals surface area contributed by atoms with Gasteiger partial charge in [0.25, 0.3) is 5.91 Å². The first kappa shape index (κ1) is 19.0. The Bertz CT molecular complexity index is 1220. The fourth-order valence-electron chi connectivity index (χ4n) is 2.93. The van der Waals surface area contributed by atoms with E-state index >= 15 is 0 Å². The Morgan fingerprint density at radius 3 is 2.40 bits per heavy atom. The van der Waals surface area contributed by atoms with E-state index in [1.807, 2.05) is 24.3 Å². The van der Waals surface area contributed by atoms with Gasteiger partial charge in [0.15, 0.2) is 0 Å². The summed E-state index contributed by atoms with van der Waals surface area (Å²) in [4.78, 5) is 36.4. The van der Waals surface area contributed by atoms with Crippen LogP contribution in [-0.4, -0.2) is 26.8 Å². The molecule has 0 spiro atoms. The molecule has 4 aromatic rings. The summed E-state index contributed by atoms with van der Waals surface area (Å²) in [5, 5.41) is 9.61. The van der Waals surface area contributed by atoms with E-state index in [-0.39, 0.29) is 17.5 Å². The van der Waals surface area contributed by atoms with Crippen molar-refractivity contribution in [2.24, 2.45) is 0 Å². The molecular weight excluding hydrogens is 380 g/mol. The Morgan fingerprint density at radius 1 is 0.833 bits per heavy atom. The van der Waals surface area contributed by atoms with Crippen molar-refractivity contribution in [2.45, 2.75) is 6.92 Å². The van der Waals surface area contributed by atoms with E-state index in [1.54, 1.807) is 42.6 Å². The van der Waals surface area contributed by atoms with Gasteiger partial charge >= 0.3 is 0 Å². The highest BCUT2D eigenvalue weighted by atomic mass is 16.2. The number of amides is 2. The van der Waals surface area contributed by atoms with E-state index in [0.29, 0.717) is 22.7 Å². The zero-order valence-corrected chi connectivity index (χ0v) is 16.1. The third-order valence-corrected chi connectivity index (χ3v) is 4.26. The predicted octanol–water partition coefficient (Wildman–Crippen LogP) is 3.98. The predicted molar refractivity (Wildman–Crippen MR) is 116 cm³/mol. The molecule has 0 saturated carbocycles. The number of rotatable bonds is 5. The lowest BCUT2D eigenvalue weighted by Gasteiger charge is -2.10. The van der Waals surface area contributed by atoms with E-state index in [0.717, 1.165) is 11.1 Å². The molecule has 2 heterocycles. The summed E-state index contributed by atoms with van der Waals surface area (Å²) in [6.07, 6.45) is 3.01. The summed E-state index contributed by atoms with van der Waals surface area (Å²) in [6, 6.07) is 18.1. The highest BCUT2D eigenvalue weighted by Gasteiger charge is 2.12. The van der Waals surface area contributed by atoms with Crippen LogP contribution in [0.15, 0.2) is 73.2 Å². The first-order chi connectivity index (χ1) is 14.6. The summed E-state index contributed by atoms with van der Waals surface area (Å²) in [6.45, 7) is 1.45. The minimum atomic E-state index is -0.361. The number of hydrogen-bond acceptors (Lipinski definition) is 6. The highest BCUT2D eigenvalue weighted by molar-refractivity contribution is 6.07. The Balaban J connectivity index is 1.50. The number of benzene rings is 2. The topological polar surface area (TPSA) is 109 Å². The van der Waals surface area contributed by atoms with E-state index < -0.39 is 0 Å². The van der Waals surface area contributed by atoms with Crippen LogP contribution >= 0.6 is 0 Å². The Hall–Kier alpha value is -4.33. The lowest BCUT2D eigenvalue weighted by molar-refractivity contribution is -0.114. The number of carbonyl (C=O) groups is 2. The number of carbonyl (C=O) groups excluding carboxylic acids is 2. The molecular formula is C22H18N6O2. The van der Waals surface area contributed by atoms with Crippen LogP contribution in [0.1, 0.15) is 17.4 Å². The van der Waals surface area contributed by atoms with Crippen LogP contribution in [0, 0.1) is 0 Å². The molecule has 2 aromatic carbocycles. The van der Waals surface area contributed by atoms with Crippen molar-refractivity contribution in [3.63, 3.8) is 0 Å². The second-order valence-corrected chi connectivity index (χ2v) is 6.51. The normalized spacial score (nSPS) is 10.4. The molecule has 0 aliphatic rings. The van der Waals surface area contributed by atoms with Gasteiger partial charge in [0.2, 0.25) is 5.91 Å². The standard InChI is InChI=1S/C22H18N6O2/c1-14(29)26-16-7-9-17(10-8-16)27-20-12-19(24-13-25-20)22(30)28-18-6-2-4-15-5-3-11-23-21(15)18/h2-13H,1H3,(H,26,29)(H,28,30)(H,24,25,27). The van der Waals surface area contributed by atoms with Crippen molar-refractivity contribution in [1.29, 1.82) is 0 Å². The van der Waals surface area contributed by atoms with Crippen LogP contribution in [0.2, 0.25) is 0 Å². The fraction of sp³-hybridized carbons (Fsp3) is 0.0455. The van der Waals surface area contributed by atoms with Crippen LogP contribution in [0.5, 0.6) is 0 Å². The maximum atomic E-state index is 12.7. The van der Waals surface area contributed by atoms with E-state index in [4.69, 9.17) is 0 Å². The lowest BCUT2D eigenvalue weighted by Crippen LogP contribution is -2.14. The molecule has 0 aliphatic carbocycles. The highest BCUT2D eigenvalue weighted by Crippen LogP contribution is 2.22. The van der Waals surface area contributed by atoms with Gasteiger partial charge < -0.3 is 16.0 Å². The molecule has 3 N–H and O–H groups in total. The van der Waals surface area contributed by atoms with Crippen LogP contribution in [0.4, 0.5) is 22.9 Å². The molecule has 0 bridgehead atoms. The van der Waals surface area contributed by atoms with Crippen molar-refractivity contribution in [1.82, 2.24) is 15.0 Å². The largest absolute Gasteiger partial charge is 0.340 e. The second kappa shape index (κ2) is 8.36. The number of nitrogens with zero attached hydrogens (tertiary/aromatic N) is 3. The number of anilines is 4. The Morgan fingerprint density at radius 2 is 1.60 bits per heavy atom. The average molecular weight is 398 g/mol. The summed E-state index contributed by atoms with van der Waals surface area (Å²) < 4.78 is 0. The second-order valence-electron chi connectivity index (χ2n) is 6.51. The third-order valence-electron chi connectivity index (χ3n) is 4.26. The van der Waals surface area contributed by atoms with Gasteiger partial charge in [-0.25, -0.2) is 9.97 Å². The molecule has 2 aromatic heterocycles. The average Bonchev–Trinajstić information content (AvgIpc) is 2.75. The number of pyridine rings is 1. The van der Waals surface area contributed by atoms with Crippen molar-refractivity contribution in [2.75, 3.05) is 16.0 Å². The van der Waals surface area contributed by atoms with Crippen LogP contribution < -0.4 is 16.0 Å². The zero-order valence-electron chi connectivity index (χ0n) is 16.1. The maximum Gasteiger partial charge on any atom is 0.274 e. The molecule has 0 saturated heterocycles. The molecule has 0 unspecified atom stereocenters. The molecule has 148 valence electrons. The third kappa shape index (κ3) is 4.39. The lowest BCUT2D eigenvalue weighted by atomic mass is 10.2. The van der Waals surface area contributed by atoms with E-state index in [9.17, 15) is 9.59 Å². The van der Waals surface area contributed by atoms with Gasteiger partial charge in [-0.05, 0) is 36.4 Å². The Kier molecular flexibility index (Phi) is 5.29. The van der Waals surface area contributed by atoms with Crippen molar-refractivity contribution in [3.05, 3.63) is 78.9 Å². The summed E-state index contributed by atoms with van der Waals surface area (Å²) in [7, 11) is 0. The van der Waals surface area contributed by atoms with Crippen molar-refractivity contribution in [3.8, 4) is 0 Å². The number of nitrogens with one attached hydrogen (secondary N) is 3. The number of hydrogen-bond donors (Lipinski definition) is 3. The smallest absolute Gasteiger partial charge is 0.274 e. The van der Waals surface area contributed by atoms with Gasteiger partial charge in [0.05, 0.1) is 11.2 Å². The van der Waals surface area contributed by atoms with Gasteiger partial charge in [-0.1, -0.05) is 18.2 Å². The molecule has 30 heavy (non-hydrogen) atoms. The summed E-state index contributed by atoms with van der Waals surface area (Å²) in [5.41, 5.74) is 2.99. The molecule has 4 rings (SSSR count). The summed E-state index contributed by atoms with van der Waals surface area (Å²) in [5.74, 6) is -0.0263. The molecule has 8 heteroatoms. The molecule has 2 amide bonds. The summed E-state index contributed by atoms with van der Waals surface area (Å²) >= 11 is 0.